The lowest BCUT2D eigenvalue weighted by Crippen LogP contribution is -1.92. The van der Waals surface area contributed by atoms with Gasteiger partial charge in [0, 0.05) is 6.08 Å². The summed E-state index contributed by atoms with van der Waals surface area (Å²) in [5, 5.41) is 22.8. The number of aliphatic carboxylic acids is 1. The Morgan fingerprint density at radius 1 is 1.67 bits per heavy atom. The number of carbonyl (C=O) groups is 1. The molecule has 0 aliphatic heterocycles. The van der Waals surface area contributed by atoms with Gasteiger partial charge in [0.15, 0.2) is 0 Å². The van der Waals surface area contributed by atoms with E-state index in [2.05, 4.69) is 6.58 Å². The Labute approximate surface area is 53.1 Å². The van der Waals surface area contributed by atoms with Gasteiger partial charge in [-0.3, -0.25) is 0 Å². The molecule has 0 spiro atoms. The normalized spacial score (nSPS) is 7.56. The van der Waals surface area contributed by atoms with E-state index < -0.39 is 12.3 Å². The zero-order valence-electron chi connectivity index (χ0n) is 5.11. The van der Waals surface area contributed by atoms with Gasteiger partial charge in [0.05, 0.1) is 0 Å². The van der Waals surface area contributed by atoms with E-state index in [1.807, 2.05) is 0 Å². The highest BCUT2D eigenvalue weighted by Crippen LogP contribution is 1.57. The number of hydrogen-bond donors (Lipinski definition) is 3. The molecule has 4 heteroatoms. The summed E-state index contributed by atoms with van der Waals surface area (Å²) in [4.78, 5) is 9.25. The average molecular weight is 134 g/mol. The number of carboxylic acids is 1. The molecule has 0 rings (SSSR count). The molecule has 0 atom stereocenters. The van der Waals surface area contributed by atoms with E-state index in [4.69, 9.17) is 15.3 Å². The first kappa shape index (κ1) is 11.0. The fraction of sp³-hybridized carbons (Fsp3) is 0.400. The van der Waals surface area contributed by atoms with Crippen molar-refractivity contribution in [1.82, 2.24) is 0 Å². The largest absolute Gasteiger partial charge is 0.478 e. The van der Waals surface area contributed by atoms with Crippen molar-refractivity contribution in [1.29, 1.82) is 0 Å². The SMILES string of the molecule is C=CC(=O)O.CC(O)O. The fourth-order valence-corrected chi connectivity index (χ4v) is 0. The smallest absolute Gasteiger partial charge is 0.327 e. The second-order valence-electron chi connectivity index (χ2n) is 1.17. The standard InChI is InChI=1S/C3H4O2.C2H6O2/c1-2-3(4)5;1-2(3)4/h2H,1H2,(H,4,5);2-4H,1H3. The van der Waals surface area contributed by atoms with Gasteiger partial charge in [-0.2, -0.15) is 0 Å². The molecule has 0 aliphatic rings. The molecule has 0 aromatic rings. The Bertz CT molecular complexity index is 84.2. The molecule has 0 radical (unpaired) electrons. The predicted octanol–water partition coefficient (Wildman–Crippen LogP) is -0.426. The van der Waals surface area contributed by atoms with Gasteiger partial charge < -0.3 is 15.3 Å². The lowest BCUT2D eigenvalue weighted by atomic mass is 10.7. The lowest BCUT2D eigenvalue weighted by molar-refractivity contribution is -0.131. The van der Waals surface area contributed by atoms with Crippen LogP contribution in [0.3, 0.4) is 0 Å². The number of carboxylic acid groups (broad SMARTS) is 1. The van der Waals surface area contributed by atoms with Crippen LogP contribution in [0.4, 0.5) is 0 Å². The summed E-state index contributed by atoms with van der Waals surface area (Å²) in [6.07, 6.45) is -0.333. The number of rotatable bonds is 1. The topological polar surface area (TPSA) is 77.8 Å². The van der Waals surface area contributed by atoms with Crippen LogP contribution in [0, 0.1) is 0 Å². The van der Waals surface area contributed by atoms with E-state index in [9.17, 15) is 4.79 Å². The molecule has 0 saturated heterocycles. The minimum Gasteiger partial charge on any atom is -0.478 e. The Morgan fingerprint density at radius 2 is 1.78 bits per heavy atom. The quantitative estimate of drug-likeness (QED) is 0.336. The van der Waals surface area contributed by atoms with Gasteiger partial charge in [0.1, 0.15) is 6.29 Å². The molecular weight excluding hydrogens is 124 g/mol. The monoisotopic (exact) mass is 134 g/mol. The molecule has 0 heterocycles. The number of hydrogen-bond acceptors (Lipinski definition) is 3. The van der Waals surface area contributed by atoms with Crippen LogP contribution in [0.25, 0.3) is 0 Å². The average Bonchev–Trinajstić information content (AvgIpc) is 1.65. The second-order valence-corrected chi connectivity index (χ2v) is 1.17. The number of aliphatic hydroxyl groups excluding tert-OH is 1. The number of aliphatic hydroxyl groups is 2. The molecule has 3 N–H and O–H groups in total. The molecule has 0 saturated carbocycles. The third kappa shape index (κ3) is 147. The summed E-state index contributed by atoms with van der Waals surface area (Å²) in [5.74, 6) is -0.981. The van der Waals surface area contributed by atoms with Gasteiger partial charge in [-0.25, -0.2) is 4.79 Å². The Balaban J connectivity index is 0. The highest BCUT2D eigenvalue weighted by molar-refractivity contribution is 5.78. The van der Waals surface area contributed by atoms with Crippen LogP contribution in [0.2, 0.25) is 0 Å². The lowest BCUT2D eigenvalue weighted by Gasteiger charge is -1.80. The summed E-state index contributed by atoms with van der Waals surface area (Å²) in [7, 11) is 0. The van der Waals surface area contributed by atoms with Crippen LogP contribution in [-0.4, -0.2) is 27.6 Å². The zero-order chi connectivity index (χ0) is 7.86. The van der Waals surface area contributed by atoms with Crippen molar-refractivity contribution in [2.45, 2.75) is 13.2 Å². The van der Waals surface area contributed by atoms with Crippen molar-refractivity contribution < 1.29 is 20.1 Å². The van der Waals surface area contributed by atoms with Crippen LogP contribution >= 0.6 is 0 Å². The van der Waals surface area contributed by atoms with Crippen molar-refractivity contribution in [2.24, 2.45) is 0 Å². The highest BCUT2D eigenvalue weighted by atomic mass is 16.5. The van der Waals surface area contributed by atoms with Crippen LogP contribution in [0.5, 0.6) is 0 Å². The van der Waals surface area contributed by atoms with E-state index in [0.717, 1.165) is 6.08 Å². The molecule has 0 fully saturated rings. The third-order valence-corrected chi connectivity index (χ3v) is 0.175. The minimum absolute atomic E-state index is 0.833. The molecule has 0 aromatic heterocycles. The van der Waals surface area contributed by atoms with Crippen LogP contribution in [0.15, 0.2) is 12.7 Å². The van der Waals surface area contributed by atoms with Crippen molar-refractivity contribution >= 4 is 5.97 Å². The van der Waals surface area contributed by atoms with E-state index in [-0.39, 0.29) is 0 Å². The van der Waals surface area contributed by atoms with Gasteiger partial charge in [-0.15, -0.1) is 0 Å². The summed E-state index contributed by atoms with van der Waals surface area (Å²) in [6, 6.07) is 0. The van der Waals surface area contributed by atoms with E-state index in [0.29, 0.717) is 0 Å². The molecule has 0 unspecified atom stereocenters. The maximum Gasteiger partial charge on any atom is 0.327 e. The Kier molecular flexibility index (Phi) is 8.71. The molecule has 54 valence electrons. The van der Waals surface area contributed by atoms with Crippen molar-refractivity contribution in [2.75, 3.05) is 0 Å². The van der Waals surface area contributed by atoms with Crippen LogP contribution < -0.4 is 0 Å². The van der Waals surface area contributed by atoms with E-state index in [1.54, 1.807) is 0 Å². The molecule has 9 heavy (non-hydrogen) atoms. The molecule has 0 amide bonds. The minimum atomic E-state index is -1.17. The van der Waals surface area contributed by atoms with Gasteiger partial charge in [-0.05, 0) is 6.92 Å². The maximum absolute atomic E-state index is 9.25. The predicted molar refractivity (Wildman–Crippen MR) is 31.7 cm³/mol. The first-order valence-corrected chi connectivity index (χ1v) is 2.22. The van der Waals surface area contributed by atoms with Gasteiger partial charge >= 0.3 is 5.97 Å². The Morgan fingerprint density at radius 3 is 1.78 bits per heavy atom. The maximum atomic E-state index is 9.25. The van der Waals surface area contributed by atoms with Crippen molar-refractivity contribution in [3.8, 4) is 0 Å². The van der Waals surface area contributed by atoms with Gasteiger partial charge in [-0.1, -0.05) is 6.58 Å². The summed E-state index contributed by atoms with van der Waals surface area (Å²) >= 11 is 0. The molecule has 4 nitrogen and oxygen atoms in total. The molecule has 0 aromatic carbocycles. The molecule has 0 aliphatic carbocycles. The summed E-state index contributed by atoms with van der Waals surface area (Å²) in [5.41, 5.74) is 0. The second kappa shape index (κ2) is 7.13. The van der Waals surface area contributed by atoms with E-state index >= 15 is 0 Å². The van der Waals surface area contributed by atoms with E-state index in [1.165, 1.54) is 6.92 Å². The fourth-order valence-electron chi connectivity index (χ4n) is 0. The van der Waals surface area contributed by atoms with Crippen LogP contribution in [-0.2, 0) is 4.79 Å². The van der Waals surface area contributed by atoms with Crippen molar-refractivity contribution in [3.05, 3.63) is 12.7 Å². The summed E-state index contributed by atoms with van der Waals surface area (Å²) < 4.78 is 0. The Hall–Kier alpha value is -0.870. The van der Waals surface area contributed by atoms with Gasteiger partial charge in [0.2, 0.25) is 0 Å². The molecule has 0 bridgehead atoms. The third-order valence-electron chi connectivity index (χ3n) is 0.175. The first-order valence-electron chi connectivity index (χ1n) is 2.22. The highest BCUT2D eigenvalue weighted by Gasteiger charge is 1.73. The zero-order valence-corrected chi connectivity index (χ0v) is 5.11. The van der Waals surface area contributed by atoms with Crippen molar-refractivity contribution in [3.63, 3.8) is 0 Å². The first-order chi connectivity index (χ1) is 4.00. The van der Waals surface area contributed by atoms with Gasteiger partial charge in [0.25, 0.3) is 0 Å². The van der Waals surface area contributed by atoms with Crippen LogP contribution in [0.1, 0.15) is 6.92 Å². The molecular formula is C5H10O4. The summed E-state index contributed by atoms with van der Waals surface area (Å²) in [6.45, 7) is 4.24.